The molecule has 0 saturated carbocycles. The first-order valence-electron chi connectivity index (χ1n) is 7.40. The molecule has 1 N–H and O–H groups in total. The summed E-state index contributed by atoms with van der Waals surface area (Å²) in [6, 6.07) is 7.63. The van der Waals surface area contributed by atoms with Crippen molar-refractivity contribution in [3.05, 3.63) is 24.3 Å². The van der Waals surface area contributed by atoms with Gasteiger partial charge in [-0.3, -0.25) is 4.79 Å². The highest BCUT2D eigenvalue weighted by Crippen LogP contribution is 2.29. The summed E-state index contributed by atoms with van der Waals surface area (Å²) in [5, 5.41) is 12.1. The average molecular weight is 350 g/mol. The Morgan fingerprint density at radius 3 is 3.00 bits per heavy atom. The van der Waals surface area contributed by atoms with E-state index in [4.69, 9.17) is 4.74 Å². The number of anilines is 2. The molecular weight excluding hydrogens is 332 g/mol. The van der Waals surface area contributed by atoms with Crippen LogP contribution in [-0.4, -0.2) is 47.0 Å². The van der Waals surface area contributed by atoms with E-state index in [1.165, 1.54) is 23.1 Å². The van der Waals surface area contributed by atoms with E-state index < -0.39 is 0 Å². The molecule has 1 aliphatic heterocycles. The lowest BCUT2D eigenvalue weighted by molar-refractivity contribution is -0.127. The Balaban J connectivity index is 1.54. The number of thioether (sulfide) groups is 1. The Labute approximate surface area is 143 Å². The minimum absolute atomic E-state index is 0.185. The van der Waals surface area contributed by atoms with Crippen LogP contribution in [0.5, 0.6) is 5.75 Å². The van der Waals surface area contributed by atoms with Crippen molar-refractivity contribution in [1.29, 1.82) is 0 Å². The second-order valence-electron chi connectivity index (χ2n) is 5.11. The molecule has 0 radical (unpaired) electrons. The van der Waals surface area contributed by atoms with Crippen LogP contribution in [0.4, 0.5) is 10.8 Å². The van der Waals surface area contributed by atoms with E-state index in [9.17, 15) is 4.79 Å². The Morgan fingerprint density at radius 2 is 2.22 bits per heavy atom. The molecule has 0 aliphatic carbocycles. The summed E-state index contributed by atoms with van der Waals surface area (Å²) in [5.74, 6) is 1.39. The molecule has 1 aromatic carbocycles. The van der Waals surface area contributed by atoms with Crippen LogP contribution >= 0.6 is 23.1 Å². The summed E-state index contributed by atoms with van der Waals surface area (Å²) in [7, 11) is 1.64. The molecule has 1 saturated heterocycles. The van der Waals surface area contributed by atoms with Crippen molar-refractivity contribution < 1.29 is 9.53 Å². The highest BCUT2D eigenvalue weighted by atomic mass is 32.2. The Kier molecular flexibility index (Phi) is 5.35. The molecule has 1 aromatic heterocycles. The zero-order valence-electron chi connectivity index (χ0n) is 12.8. The number of hydrogen-bond donors (Lipinski definition) is 1. The van der Waals surface area contributed by atoms with Gasteiger partial charge in [0, 0.05) is 24.8 Å². The number of rotatable bonds is 6. The molecule has 0 unspecified atom stereocenters. The number of ether oxygens (including phenoxy) is 1. The molecule has 3 rings (SSSR count). The number of carbonyl (C=O) groups excluding carboxylic acids is 1. The van der Waals surface area contributed by atoms with Crippen molar-refractivity contribution in [2.45, 2.75) is 17.2 Å². The first-order chi connectivity index (χ1) is 11.2. The van der Waals surface area contributed by atoms with Crippen LogP contribution in [0.2, 0.25) is 0 Å². The molecule has 0 atom stereocenters. The Morgan fingerprint density at radius 1 is 1.39 bits per heavy atom. The predicted molar refractivity (Wildman–Crippen MR) is 92.7 cm³/mol. The van der Waals surface area contributed by atoms with Crippen LogP contribution in [0.25, 0.3) is 0 Å². The largest absolute Gasteiger partial charge is 0.497 e. The molecular formula is C15H18N4O2S2. The minimum Gasteiger partial charge on any atom is -0.497 e. The number of nitrogens with zero attached hydrogens (tertiary/aromatic N) is 3. The van der Waals surface area contributed by atoms with E-state index >= 15 is 0 Å². The monoisotopic (exact) mass is 350 g/mol. The predicted octanol–water partition coefficient (Wildman–Crippen LogP) is 3.00. The Bertz CT molecular complexity index is 671. The lowest BCUT2D eigenvalue weighted by atomic mass is 10.3. The lowest BCUT2D eigenvalue weighted by Crippen LogP contribution is -2.29. The van der Waals surface area contributed by atoms with Crippen molar-refractivity contribution in [1.82, 2.24) is 15.1 Å². The number of aromatic nitrogens is 2. The summed E-state index contributed by atoms with van der Waals surface area (Å²) in [4.78, 5) is 13.9. The second kappa shape index (κ2) is 7.65. The molecule has 2 aromatic rings. The third-order valence-electron chi connectivity index (χ3n) is 3.51. The van der Waals surface area contributed by atoms with Gasteiger partial charge in [-0.05, 0) is 25.0 Å². The number of likely N-dealkylation sites (tertiary alicyclic amines) is 1. The van der Waals surface area contributed by atoms with E-state index in [1.807, 2.05) is 29.2 Å². The number of methoxy groups -OCH3 is 1. The average Bonchev–Trinajstić information content (AvgIpc) is 3.25. The molecule has 122 valence electrons. The van der Waals surface area contributed by atoms with Gasteiger partial charge < -0.3 is 15.0 Å². The summed E-state index contributed by atoms with van der Waals surface area (Å²) in [5.41, 5.74) is 0.894. The van der Waals surface area contributed by atoms with Gasteiger partial charge in [0.2, 0.25) is 11.0 Å². The molecule has 0 spiro atoms. The van der Waals surface area contributed by atoms with E-state index in [0.717, 1.165) is 41.7 Å². The molecule has 6 nitrogen and oxygen atoms in total. The standard InChI is InChI=1S/C15H18N4O2S2/c1-21-12-6-4-5-11(9-12)16-14-17-18-15(23-14)22-10-13(20)19-7-2-3-8-19/h4-6,9H,2-3,7-8,10H2,1H3,(H,16,17). The van der Waals surface area contributed by atoms with Crippen molar-refractivity contribution in [3.63, 3.8) is 0 Å². The van der Waals surface area contributed by atoms with E-state index in [2.05, 4.69) is 15.5 Å². The highest BCUT2D eigenvalue weighted by Gasteiger charge is 2.18. The first-order valence-corrected chi connectivity index (χ1v) is 9.20. The van der Waals surface area contributed by atoms with Gasteiger partial charge in [0.1, 0.15) is 5.75 Å². The third-order valence-corrected chi connectivity index (χ3v) is 5.46. The van der Waals surface area contributed by atoms with Crippen molar-refractivity contribution in [3.8, 4) is 5.75 Å². The molecule has 0 bridgehead atoms. The molecule has 2 heterocycles. The van der Waals surface area contributed by atoms with Crippen LogP contribution in [0.15, 0.2) is 28.6 Å². The molecule has 1 fully saturated rings. The van der Waals surface area contributed by atoms with Gasteiger partial charge in [-0.2, -0.15) is 0 Å². The fraction of sp³-hybridized carbons (Fsp3) is 0.400. The number of amides is 1. The van der Waals surface area contributed by atoms with Gasteiger partial charge in [-0.1, -0.05) is 29.2 Å². The van der Waals surface area contributed by atoms with E-state index in [-0.39, 0.29) is 5.91 Å². The zero-order valence-corrected chi connectivity index (χ0v) is 14.5. The van der Waals surface area contributed by atoms with Gasteiger partial charge in [0.25, 0.3) is 0 Å². The summed E-state index contributed by atoms with van der Waals surface area (Å²) >= 11 is 2.89. The maximum atomic E-state index is 12.0. The van der Waals surface area contributed by atoms with Gasteiger partial charge in [0.05, 0.1) is 12.9 Å². The van der Waals surface area contributed by atoms with Gasteiger partial charge in [-0.15, -0.1) is 10.2 Å². The second-order valence-corrected chi connectivity index (χ2v) is 7.31. The third kappa shape index (κ3) is 4.35. The van der Waals surface area contributed by atoms with Crippen LogP contribution in [0, 0.1) is 0 Å². The fourth-order valence-corrected chi connectivity index (χ4v) is 4.00. The highest BCUT2D eigenvalue weighted by molar-refractivity contribution is 8.01. The van der Waals surface area contributed by atoms with Crippen molar-refractivity contribution in [2.75, 3.05) is 31.3 Å². The minimum atomic E-state index is 0.185. The van der Waals surface area contributed by atoms with Crippen LogP contribution in [0.3, 0.4) is 0 Å². The van der Waals surface area contributed by atoms with Gasteiger partial charge in [-0.25, -0.2) is 0 Å². The quantitative estimate of drug-likeness (QED) is 0.808. The number of benzene rings is 1. The maximum absolute atomic E-state index is 12.0. The Hall–Kier alpha value is -1.80. The maximum Gasteiger partial charge on any atom is 0.233 e. The first kappa shape index (κ1) is 16.1. The van der Waals surface area contributed by atoms with Crippen LogP contribution in [0.1, 0.15) is 12.8 Å². The molecule has 8 heteroatoms. The normalized spacial score (nSPS) is 14.0. The summed E-state index contributed by atoms with van der Waals surface area (Å²) < 4.78 is 5.99. The summed E-state index contributed by atoms with van der Waals surface area (Å²) in [6.45, 7) is 1.77. The van der Waals surface area contributed by atoms with Crippen molar-refractivity contribution in [2.24, 2.45) is 0 Å². The number of nitrogens with one attached hydrogen (secondary N) is 1. The fourth-order valence-electron chi connectivity index (χ4n) is 2.32. The summed E-state index contributed by atoms with van der Waals surface area (Å²) in [6.07, 6.45) is 2.23. The van der Waals surface area contributed by atoms with Crippen LogP contribution < -0.4 is 10.1 Å². The number of carbonyl (C=O) groups is 1. The van der Waals surface area contributed by atoms with Gasteiger partial charge >= 0.3 is 0 Å². The topological polar surface area (TPSA) is 67.3 Å². The smallest absolute Gasteiger partial charge is 0.233 e. The SMILES string of the molecule is COc1cccc(Nc2nnc(SCC(=O)N3CCCC3)s2)c1. The van der Waals surface area contributed by atoms with E-state index in [0.29, 0.717) is 10.9 Å². The molecule has 23 heavy (non-hydrogen) atoms. The van der Waals surface area contributed by atoms with Crippen molar-refractivity contribution >= 4 is 39.8 Å². The molecule has 1 amide bonds. The van der Waals surface area contributed by atoms with E-state index in [1.54, 1.807) is 7.11 Å². The lowest BCUT2D eigenvalue weighted by Gasteiger charge is -2.13. The number of hydrogen-bond acceptors (Lipinski definition) is 7. The zero-order chi connectivity index (χ0) is 16.1. The van der Waals surface area contributed by atoms with Gasteiger partial charge in [0.15, 0.2) is 4.34 Å². The van der Waals surface area contributed by atoms with Crippen LogP contribution in [-0.2, 0) is 4.79 Å². The molecule has 1 aliphatic rings.